The van der Waals surface area contributed by atoms with Crippen molar-refractivity contribution < 1.29 is 18.7 Å². The average Bonchev–Trinajstić information content (AvgIpc) is 2.96. The monoisotopic (exact) mass is 305 g/mol. The number of aliphatic hydroxyl groups is 1. The van der Waals surface area contributed by atoms with Crippen LogP contribution in [0.4, 0.5) is 4.39 Å². The van der Waals surface area contributed by atoms with E-state index >= 15 is 0 Å². The summed E-state index contributed by atoms with van der Waals surface area (Å²) in [6.07, 6.45) is 3.65. The predicted molar refractivity (Wildman–Crippen MR) is 81.1 cm³/mol. The lowest BCUT2D eigenvalue weighted by atomic mass is 9.86. The van der Waals surface area contributed by atoms with Crippen LogP contribution in [0.25, 0.3) is 11.0 Å². The molecule has 1 amide bonds. The molecule has 1 saturated carbocycles. The second kappa shape index (κ2) is 6.08. The molecule has 0 spiro atoms. The van der Waals surface area contributed by atoms with Crippen LogP contribution >= 0.6 is 0 Å². The standard InChI is InChI=1S/C17H20FNO3/c1-19(14-5-2-11(10-20)3-6-14)17(21)16-9-12-8-13(18)4-7-15(12)22-16/h4,7-9,11,14,20H,2-3,5-6,10H2,1H3. The maximum atomic E-state index is 13.2. The van der Waals surface area contributed by atoms with Gasteiger partial charge in [0.25, 0.3) is 5.91 Å². The molecule has 0 saturated heterocycles. The second-order valence-corrected chi connectivity index (χ2v) is 6.07. The fourth-order valence-corrected chi connectivity index (χ4v) is 3.17. The van der Waals surface area contributed by atoms with E-state index in [4.69, 9.17) is 4.42 Å². The van der Waals surface area contributed by atoms with Crippen LogP contribution in [-0.4, -0.2) is 35.6 Å². The highest BCUT2D eigenvalue weighted by atomic mass is 19.1. The Morgan fingerprint density at radius 1 is 1.32 bits per heavy atom. The number of carbonyl (C=O) groups excluding carboxylic acids is 1. The van der Waals surface area contributed by atoms with Gasteiger partial charge < -0.3 is 14.4 Å². The van der Waals surface area contributed by atoms with Crippen LogP contribution in [0.3, 0.4) is 0 Å². The van der Waals surface area contributed by atoms with Crippen LogP contribution in [0.1, 0.15) is 36.2 Å². The number of aliphatic hydroxyl groups excluding tert-OH is 1. The van der Waals surface area contributed by atoms with Crippen molar-refractivity contribution in [3.05, 3.63) is 35.8 Å². The number of halogens is 1. The van der Waals surface area contributed by atoms with Gasteiger partial charge in [-0.3, -0.25) is 4.79 Å². The summed E-state index contributed by atoms with van der Waals surface area (Å²) in [6.45, 7) is 0.222. The zero-order valence-corrected chi connectivity index (χ0v) is 12.6. The fraction of sp³-hybridized carbons (Fsp3) is 0.471. The summed E-state index contributed by atoms with van der Waals surface area (Å²) in [5.41, 5.74) is 0.516. The van der Waals surface area contributed by atoms with Crippen molar-refractivity contribution in [2.24, 2.45) is 5.92 Å². The summed E-state index contributed by atoms with van der Waals surface area (Å²) in [5.74, 6) is 0.0772. The van der Waals surface area contributed by atoms with Crippen LogP contribution in [-0.2, 0) is 0 Å². The topological polar surface area (TPSA) is 53.7 Å². The highest BCUT2D eigenvalue weighted by molar-refractivity contribution is 5.96. The van der Waals surface area contributed by atoms with Crippen molar-refractivity contribution in [3.8, 4) is 0 Å². The molecule has 0 unspecified atom stereocenters. The minimum atomic E-state index is -0.344. The Hall–Kier alpha value is -1.88. The number of rotatable bonds is 3. The molecule has 1 fully saturated rings. The van der Waals surface area contributed by atoms with Crippen LogP contribution in [0.15, 0.2) is 28.7 Å². The van der Waals surface area contributed by atoms with Gasteiger partial charge in [-0.05, 0) is 55.9 Å². The SMILES string of the molecule is CN(C(=O)c1cc2cc(F)ccc2o1)C1CCC(CO)CC1. The van der Waals surface area contributed by atoms with Gasteiger partial charge in [-0.25, -0.2) is 4.39 Å². The average molecular weight is 305 g/mol. The molecular formula is C17H20FNO3. The quantitative estimate of drug-likeness (QED) is 0.947. The van der Waals surface area contributed by atoms with Gasteiger partial charge in [0.05, 0.1) is 0 Å². The molecular weight excluding hydrogens is 285 g/mol. The van der Waals surface area contributed by atoms with E-state index < -0.39 is 0 Å². The summed E-state index contributed by atoms with van der Waals surface area (Å²) >= 11 is 0. The van der Waals surface area contributed by atoms with Crippen LogP contribution in [0.2, 0.25) is 0 Å². The summed E-state index contributed by atoms with van der Waals surface area (Å²) in [4.78, 5) is 14.2. The molecule has 0 radical (unpaired) electrons. The fourth-order valence-electron chi connectivity index (χ4n) is 3.17. The zero-order valence-electron chi connectivity index (χ0n) is 12.6. The van der Waals surface area contributed by atoms with Crippen molar-refractivity contribution in [2.45, 2.75) is 31.7 Å². The number of carbonyl (C=O) groups is 1. The summed E-state index contributed by atoms with van der Waals surface area (Å²) in [7, 11) is 1.78. The Kier molecular flexibility index (Phi) is 4.16. The van der Waals surface area contributed by atoms with Gasteiger partial charge in [-0.1, -0.05) is 0 Å². The largest absolute Gasteiger partial charge is 0.451 e. The number of fused-ring (bicyclic) bond motifs is 1. The van der Waals surface area contributed by atoms with Gasteiger partial charge in [0.15, 0.2) is 5.76 Å². The summed E-state index contributed by atoms with van der Waals surface area (Å²) < 4.78 is 18.8. The Morgan fingerprint density at radius 2 is 2.05 bits per heavy atom. The third-order valence-corrected chi connectivity index (χ3v) is 4.63. The van der Waals surface area contributed by atoms with E-state index in [1.54, 1.807) is 18.0 Å². The number of hydrogen-bond acceptors (Lipinski definition) is 3. The van der Waals surface area contributed by atoms with Crippen LogP contribution in [0.5, 0.6) is 0 Å². The van der Waals surface area contributed by atoms with Crippen molar-refractivity contribution >= 4 is 16.9 Å². The van der Waals surface area contributed by atoms with Crippen molar-refractivity contribution in [3.63, 3.8) is 0 Å². The Bertz CT molecular complexity index is 674. The lowest BCUT2D eigenvalue weighted by Gasteiger charge is -2.33. The maximum absolute atomic E-state index is 13.2. The molecule has 1 heterocycles. The number of nitrogens with zero attached hydrogens (tertiary/aromatic N) is 1. The summed E-state index contributed by atoms with van der Waals surface area (Å²) in [6, 6.07) is 5.98. The Labute approximate surface area is 128 Å². The molecule has 1 N–H and O–H groups in total. The van der Waals surface area contributed by atoms with Gasteiger partial charge in [0.2, 0.25) is 0 Å². The first-order valence-electron chi connectivity index (χ1n) is 7.65. The van der Waals surface area contributed by atoms with E-state index in [2.05, 4.69) is 0 Å². The van der Waals surface area contributed by atoms with E-state index in [1.807, 2.05) is 0 Å². The Morgan fingerprint density at radius 3 is 2.73 bits per heavy atom. The molecule has 1 aliphatic rings. The van der Waals surface area contributed by atoms with E-state index in [1.165, 1.54) is 18.2 Å². The molecule has 22 heavy (non-hydrogen) atoms. The first kappa shape index (κ1) is 15.0. The smallest absolute Gasteiger partial charge is 0.289 e. The molecule has 0 atom stereocenters. The van der Waals surface area contributed by atoms with Gasteiger partial charge in [0.1, 0.15) is 11.4 Å². The zero-order chi connectivity index (χ0) is 15.7. The normalized spacial score (nSPS) is 22.0. The lowest BCUT2D eigenvalue weighted by molar-refractivity contribution is 0.0624. The predicted octanol–water partition coefficient (Wildman–Crippen LogP) is 3.20. The minimum absolute atomic E-state index is 0.167. The van der Waals surface area contributed by atoms with Crippen molar-refractivity contribution in [1.29, 1.82) is 0 Å². The first-order valence-corrected chi connectivity index (χ1v) is 7.65. The van der Waals surface area contributed by atoms with Crippen molar-refractivity contribution in [2.75, 3.05) is 13.7 Å². The highest BCUT2D eigenvalue weighted by Gasteiger charge is 2.28. The number of amides is 1. The minimum Gasteiger partial charge on any atom is -0.451 e. The number of benzene rings is 1. The lowest BCUT2D eigenvalue weighted by Crippen LogP contribution is -2.39. The molecule has 4 nitrogen and oxygen atoms in total. The molecule has 118 valence electrons. The van der Waals surface area contributed by atoms with E-state index in [0.717, 1.165) is 25.7 Å². The van der Waals surface area contributed by atoms with Crippen LogP contribution < -0.4 is 0 Å². The molecule has 3 rings (SSSR count). The molecule has 2 aromatic rings. The molecule has 0 aliphatic heterocycles. The summed E-state index contributed by atoms with van der Waals surface area (Å²) in [5, 5.41) is 9.78. The Balaban J connectivity index is 1.74. The highest BCUT2D eigenvalue weighted by Crippen LogP contribution is 2.28. The van der Waals surface area contributed by atoms with Crippen LogP contribution in [0, 0.1) is 11.7 Å². The maximum Gasteiger partial charge on any atom is 0.289 e. The number of furan rings is 1. The first-order chi connectivity index (χ1) is 10.6. The third kappa shape index (κ3) is 2.86. The van der Waals surface area contributed by atoms with Gasteiger partial charge >= 0.3 is 0 Å². The van der Waals surface area contributed by atoms with Gasteiger partial charge in [-0.2, -0.15) is 0 Å². The molecule has 1 aromatic carbocycles. The molecule has 1 aromatic heterocycles. The van der Waals surface area contributed by atoms with E-state index in [-0.39, 0.29) is 30.1 Å². The molecule has 1 aliphatic carbocycles. The second-order valence-electron chi connectivity index (χ2n) is 6.07. The van der Waals surface area contributed by atoms with E-state index in [9.17, 15) is 14.3 Å². The van der Waals surface area contributed by atoms with E-state index in [0.29, 0.717) is 16.9 Å². The van der Waals surface area contributed by atoms with Crippen molar-refractivity contribution in [1.82, 2.24) is 4.90 Å². The third-order valence-electron chi connectivity index (χ3n) is 4.63. The molecule has 5 heteroatoms. The number of hydrogen-bond donors (Lipinski definition) is 1. The van der Waals surface area contributed by atoms with Gasteiger partial charge in [0, 0.05) is 25.1 Å². The molecule has 0 bridgehead atoms. The van der Waals surface area contributed by atoms with Gasteiger partial charge in [-0.15, -0.1) is 0 Å².